The summed E-state index contributed by atoms with van der Waals surface area (Å²) >= 11 is 1.55. The molecule has 3 aromatic rings. The first-order chi connectivity index (χ1) is 8.79. The summed E-state index contributed by atoms with van der Waals surface area (Å²) in [6.07, 6.45) is 3.67. The van der Waals surface area contributed by atoms with E-state index in [0.717, 1.165) is 15.2 Å². The zero-order chi connectivity index (χ0) is 13.1. The number of imidazole rings is 1. The van der Waals surface area contributed by atoms with Crippen LogP contribution in [0.25, 0.3) is 15.2 Å². The third kappa shape index (κ3) is 1.97. The van der Waals surface area contributed by atoms with Gasteiger partial charge in [0, 0.05) is 12.4 Å². The van der Waals surface area contributed by atoms with E-state index in [9.17, 15) is 4.79 Å². The lowest BCUT2D eigenvalue weighted by atomic mass is 10.2. The van der Waals surface area contributed by atoms with Gasteiger partial charge in [0.15, 0.2) is 4.96 Å². The standard InChI is InChI=1S/C11H8N2O2S.C2H6/c1-15-10(14)7-2-3-8-9(6-7)16-11-12-4-5-13(8)11;1-2/h2-6H,1H3;1-2H3. The molecule has 0 spiro atoms. The molecule has 0 fully saturated rings. The second-order valence-electron chi connectivity index (χ2n) is 3.36. The van der Waals surface area contributed by atoms with Crippen LogP contribution in [0.3, 0.4) is 0 Å². The maximum atomic E-state index is 11.4. The Hall–Kier alpha value is -1.88. The first kappa shape index (κ1) is 12.6. The zero-order valence-corrected chi connectivity index (χ0v) is 11.3. The molecule has 0 amide bonds. The number of thiazole rings is 1. The molecular weight excluding hydrogens is 248 g/mol. The molecule has 0 atom stereocenters. The van der Waals surface area contributed by atoms with Gasteiger partial charge in [-0.1, -0.05) is 25.2 Å². The van der Waals surface area contributed by atoms with E-state index in [1.165, 1.54) is 7.11 Å². The fourth-order valence-electron chi connectivity index (χ4n) is 1.69. The molecule has 5 heteroatoms. The van der Waals surface area contributed by atoms with Crippen molar-refractivity contribution in [1.82, 2.24) is 9.38 Å². The Labute approximate surface area is 109 Å². The molecule has 0 aliphatic carbocycles. The van der Waals surface area contributed by atoms with Gasteiger partial charge < -0.3 is 4.74 Å². The minimum absolute atomic E-state index is 0.312. The number of carbonyl (C=O) groups excluding carboxylic acids is 1. The van der Waals surface area contributed by atoms with Crippen LogP contribution < -0.4 is 0 Å². The highest BCUT2D eigenvalue weighted by Gasteiger charge is 2.09. The number of methoxy groups -OCH3 is 1. The van der Waals surface area contributed by atoms with E-state index in [1.54, 1.807) is 23.6 Å². The number of carbonyl (C=O) groups is 1. The van der Waals surface area contributed by atoms with E-state index in [0.29, 0.717) is 5.56 Å². The molecule has 2 heterocycles. The molecule has 4 nitrogen and oxygen atoms in total. The van der Waals surface area contributed by atoms with Crippen LogP contribution in [0.15, 0.2) is 30.6 Å². The molecule has 0 radical (unpaired) electrons. The first-order valence-electron chi connectivity index (χ1n) is 5.73. The van der Waals surface area contributed by atoms with Gasteiger partial charge in [-0.05, 0) is 18.2 Å². The molecule has 2 aromatic heterocycles. The Morgan fingerprint density at radius 1 is 1.39 bits per heavy atom. The predicted octanol–water partition coefficient (Wildman–Crippen LogP) is 3.36. The molecule has 0 unspecified atom stereocenters. The van der Waals surface area contributed by atoms with Crippen molar-refractivity contribution in [2.45, 2.75) is 13.8 Å². The molecule has 0 aliphatic heterocycles. The summed E-state index contributed by atoms with van der Waals surface area (Å²) in [5.74, 6) is -0.312. The quantitative estimate of drug-likeness (QED) is 0.632. The third-order valence-corrected chi connectivity index (χ3v) is 3.48. The van der Waals surface area contributed by atoms with E-state index in [2.05, 4.69) is 9.72 Å². The Bertz CT molecular complexity index is 684. The van der Waals surface area contributed by atoms with Gasteiger partial charge in [-0.15, -0.1) is 0 Å². The van der Waals surface area contributed by atoms with Gasteiger partial charge in [-0.3, -0.25) is 4.40 Å². The average molecular weight is 262 g/mol. The van der Waals surface area contributed by atoms with E-state index in [4.69, 9.17) is 0 Å². The third-order valence-electron chi connectivity index (χ3n) is 2.45. The fourth-order valence-corrected chi connectivity index (χ4v) is 2.71. The van der Waals surface area contributed by atoms with Crippen LogP contribution in [0, 0.1) is 0 Å². The molecule has 0 saturated carbocycles. The van der Waals surface area contributed by atoms with Gasteiger partial charge in [0.2, 0.25) is 0 Å². The van der Waals surface area contributed by atoms with Gasteiger partial charge in [-0.25, -0.2) is 9.78 Å². The maximum absolute atomic E-state index is 11.4. The highest BCUT2D eigenvalue weighted by atomic mass is 32.1. The van der Waals surface area contributed by atoms with Gasteiger partial charge >= 0.3 is 5.97 Å². The zero-order valence-electron chi connectivity index (χ0n) is 10.5. The maximum Gasteiger partial charge on any atom is 0.337 e. The lowest BCUT2D eigenvalue weighted by Crippen LogP contribution is -2.00. The van der Waals surface area contributed by atoms with Crippen LogP contribution in [0.1, 0.15) is 24.2 Å². The molecule has 94 valence electrons. The SMILES string of the molecule is CC.COC(=O)c1ccc2c(c1)sc1nccn12. The summed E-state index contributed by atoms with van der Waals surface area (Å²) in [5, 5.41) is 0. The smallest absolute Gasteiger partial charge is 0.337 e. The van der Waals surface area contributed by atoms with Crippen molar-refractivity contribution >= 4 is 32.5 Å². The number of ether oxygens (including phenoxy) is 1. The minimum atomic E-state index is -0.312. The van der Waals surface area contributed by atoms with E-state index >= 15 is 0 Å². The van der Waals surface area contributed by atoms with Crippen molar-refractivity contribution in [3.8, 4) is 0 Å². The molecular formula is C13H14N2O2S. The van der Waals surface area contributed by atoms with Crippen LogP contribution in [-0.2, 0) is 4.74 Å². The summed E-state index contributed by atoms with van der Waals surface area (Å²) < 4.78 is 7.72. The van der Waals surface area contributed by atoms with E-state index in [-0.39, 0.29) is 5.97 Å². The minimum Gasteiger partial charge on any atom is -0.465 e. The first-order valence-corrected chi connectivity index (χ1v) is 6.55. The average Bonchev–Trinajstić information content (AvgIpc) is 2.99. The van der Waals surface area contributed by atoms with E-state index in [1.807, 2.05) is 36.6 Å². The summed E-state index contributed by atoms with van der Waals surface area (Å²) in [7, 11) is 1.38. The Morgan fingerprint density at radius 3 is 2.89 bits per heavy atom. The summed E-state index contributed by atoms with van der Waals surface area (Å²) in [6.45, 7) is 4.00. The van der Waals surface area contributed by atoms with Crippen molar-refractivity contribution in [3.63, 3.8) is 0 Å². The Kier molecular flexibility index (Phi) is 3.62. The van der Waals surface area contributed by atoms with Gasteiger partial charge in [0.1, 0.15) is 0 Å². The Morgan fingerprint density at radius 2 is 2.17 bits per heavy atom. The second kappa shape index (κ2) is 5.18. The summed E-state index contributed by atoms with van der Waals surface area (Å²) in [5.41, 5.74) is 1.63. The number of aromatic nitrogens is 2. The molecule has 0 aliphatic rings. The highest BCUT2D eigenvalue weighted by molar-refractivity contribution is 7.23. The van der Waals surface area contributed by atoms with Crippen molar-refractivity contribution in [1.29, 1.82) is 0 Å². The number of fused-ring (bicyclic) bond motifs is 3. The van der Waals surface area contributed by atoms with Gasteiger partial charge in [0.25, 0.3) is 0 Å². The topological polar surface area (TPSA) is 43.6 Å². The highest BCUT2D eigenvalue weighted by Crippen LogP contribution is 2.26. The Balaban J connectivity index is 0.000000574. The molecule has 18 heavy (non-hydrogen) atoms. The number of rotatable bonds is 1. The molecule has 0 saturated heterocycles. The lowest BCUT2D eigenvalue weighted by Gasteiger charge is -1.98. The molecule has 0 N–H and O–H groups in total. The number of benzene rings is 1. The van der Waals surface area contributed by atoms with Crippen LogP contribution in [0.4, 0.5) is 0 Å². The van der Waals surface area contributed by atoms with Crippen LogP contribution in [-0.4, -0.2) is 22.5 Å². The normalized spacial score (nSPS) is 10.2. The fraction of sp³-hybridized carbons (Fsp3) is 0.231. The van der Waals surface area contributed by atoms with Crippen LogP contribution >= 0.6 is 11.3 Å². The number of hydrogen-bond donors (Lipinski definition) is 0. The molecule has 1 aromatic carbocycles. The number of hydrogen-bond acceptors (Lipinski definition) is 4. The van der Waals surface area contributed by atoms with E-state index < -0.39 is 0 Å². The largest absolute Gasteiger partial charge is 0.465 e. The van der Waals surface area contributed by atoms with Crippen molar-refractivity contribution in [2.24, 2.45) is 0 Å². The van der Waals surface area contributed by atoms with Gasteiger partial charge in [0.05, 0.1) is 22.9 Å². The van der Waals surface area contributed by atoms with Crippen LogP contribution in [0.2, 0.25) is 0 Å². The van der Waals surface area contributed by atoms with Gasteiger partial charge in [-0.2, -0.15) is 0 Å². The second-order valence-corrected chi connectivity index (χ2v) is 4.37. The molecule has 3 rings (SSSR count). The summed E-state index contributed by atoms with van der Waals surface area (Å²) in [6, 6.07) is 5.51. The van der Waals surface area contributed by atoms with Crippen molar-refractivity contribution in [3.05, 3.63) is 36.2 Å². The van der Waals surface area contributed by atoms with Crippen molar-refractivity contribution in [2.75, 3.05) is 7.11 Å². The number of nitrogens with zero attached hydrogens (tertiary/aromatic N) is 2. The monoisotopic (exact) mass is 262 g/mol. The number of esters is 1. The van der Waals surface area contributed by atoms with Crippen LogP contribution in [0.5, 0.6) is 0 Å². The molecule has 0 bridgehead atoms. The summed E-state index contributed by atoms with van der Waals surface area (Å²) in [4.78, 5) is 16.5. The predicted molar refractivity (Wildman–Crippen MR) is 73.3 cm³/mol. The lowest BCUT2D eigenvalue weighted by molar-refractivity contribution is 0.0601. The van der Waals surface area contributed by atoms with Crippen molar-refractivity contribution < 1.29 is 9.53 Å².